The summed E-state index contributed by atoms with van der Waals surface area (Å²) in [7, 11) is 1.40. The van der Waals surface area contributed by atoms with Crippen LogP contribution < -0.4 is 0 Å². The minimum atomic E-state index is -1.09. The van der Waals surface area contributed by atoms with E-state index in [0.717, 1.165) is 22.4 Å². The van der Waals surface area contributed by atoms with Crippen molar-refractivity contribution in [2.75, 3.05) is 7.11 Å². The zero-order valence-electron chi connectivity index (χ0n) is 10.7. The number of benzene rings is 1. The third kappa shape index (κ3) is 1.99. The number of hydrogen-bond acceptors (Lipinski definition) is 4. The van der Waals surface area contributed by atoms with Gasteiger partial charge in [0.25, 0.3) is 0 Å². The Morgan fingerprint density at radius 3 is 2.95 bits per heavy atom. The minimum Gasteiger partial charge on any atom is -0.493 e. The van der Waals surface area contributed by atoms with Gasteiger partial charge >= 0.3 is 5.97 Å². The number of fused-ring (bicyclic) bond motifs is 3. The fraction of sp³-hybridized carbons (Fsp3) is 0.0667. The van der Waals surface area contributed by atoms with E-state index in [-0.39, 0.29) is 5.76 Å². The van der Waals surface area contributed by atoms with Crippen molar-refractivity contribution in [1.29, 1.82) is 0 Å². The average molecular weight is 269 g/mol. The van der Waals surface area contributed by atoms with Gasteiger partial charge in [0.1, 0.15) is 5.58 Å². The molecule has 0 amide bonds. The lowest BCUT2D eigenvalue weighted by atomic mass is 10.2. The third-order valence-corrected chi connectivity index (χ3v) is 2.97. The van der Waals surface area contributed by atoms with Crippen molar-refractivity contribution >= 4 is 33.6 Å². The molecule has 0 fully saturated rings. The van der Waals surface area contributed by atoms with E-state index < -0.39 is 5.97 Å². The number of aliphatic carboxylic acids is 1. The Morgan fingerprint density at radius 1 is 1.40 bits per heavy atom. The molecule has 0 aliphatic heterocycles. The number of carboxylic acid groups (broad SMARTS) is 1. The van der Waals surface area contributed by atoms with Crippen molar-refractivity contribution < 1.29 is 19.1 Å². The highest BCUT2D eigenvalue weighted by Crippen LogP contribution is 2.29. The Hall–Kier alpha value is -2.82. The lowest BCUT2D eigenvalue weighted by Crippen LogP contribution is -1.93. The predicted molar refractivity (Wildman–Crippen MR) is 74.1 cm³/mol. The van der Waals surface area contributed by atoms with E-state index >= 15 is 0 Å². The van der Waals surface area contributed by atoms with E-state index in [2.05, 4.69) is 4.98 Å². The summed E-state index contributed by atoms with van der Waals surface area (Å²) in [6.45, 7) is 0. The van der Waals surface area contributed by atoms with Gasteiger partial charge in [-0.2, -0.15) is 0 Å². The van der Waals surface area contributed by atoms with Crippen LogP contribution in [0.1, 0.15) is 5.76 Å². The zero-order valence-corrected chi connectivity index (χ0v) is 10.7. The third-order valence-electron chi connectivity index (χ3n) is 2.97. The summed E-state index contributed by atoms with van der Waals surface area (Å²) in [6, 6.07) is 9.31. The van der Waals surface area contributed by atoms with E-state index in [1.165, 1.54) is 7.11 Å². The number of rotatable bonds is 3. The number of para-hydroxylation sites is 1. The molecule has 0 aliphatic carbocycles. The summed E-state index contributed by atoms with van der Waals surface area (Å²) in [6.07, 6.45) is 2.66. The van der Waals surface area contributed by atoms with Crippen LogP contribution in [0.5, 0.6) is 0 Å². The van der Waals surface area contributed by atoms with Crippen LogP contribution in [0.2, 0.25) is 0 Å². The molecule has 0 atom stereocenters. The number of furan rings is 1. The first kappa shape index (κ1) is 12.2. The van der Waals surface area contributed by atoms with Gasteiger partial charge in [0, 0.05) is 17.0 Å². The first-order valence-electron chi connectivity index (χ1n) is 5.95. The molecule has 0 spiro atoms. The summed E-state index contributed by atoms with van der Waals surface area (Å²) in [5.41, 5.74) is 1.49. The number of pyridine rings is 1. The number of ether oxygens (including phenoxy) is 1. The molecule has 5 heteroatoms. The van der Waals surface area contributed by atoms with Gasteiger partial charge in [0.15, 0.2) is 11.5 Å². The van der Waals surface area contributed by atoms with Crippen molar-refractivity contribution in [3.05, 3.63) is 48.4 Å². The van der Waals surface area contributed by atoms with Gasteiger partial charge in [-0.15, -0.1) is 0 Å². The highest BCUT2D eigenvalue weighted by atomic mass is 16.5. The van der Waals surface area contributed by atoms with Gasteiger partial charge in [-0.3, -0.25) is 4.98 Å². The zero-order chi connectivity index (χ0) is 14.1. The molecule has 1 N–H and O–H groups in total. The highest BCUT2D eigenvalue weighted by Gasteiger charge is 2.13. The van der Waals surface area contributed by atoms with E-state index in [0.29, 0.717) is 11.3 Å². The van der Waals surface area contributed by atoms with Crippen LogP contribution in [0.3, 0.4) is 0 Å². The Bertz CT molecular complexity index is 832. The molecular weight excluding hydrogens is 258 g/mol. The summed E-state index contributed by atoms with van der Waals surface area (Å²) in [5.74, 6) is -0.564. The van der Waals surface area contributed by atoms with Gasteiger partial charge < -0.3 is 14.3 Å². The number of nitrogens with zero attached hydrogens (tertiary/aromatic N) is 1. The van der Waals surface area contributed by atoms with Crippen molar-refractivity contribution in [2.45, 2.75) is 0 Å². The summed E-state index contributed by atoms with van der Waals surface area (Å²) < 4.78 is 10.8. The lowest BCUT2D eigenvalue weighted by Gasteiger charge is -2.00. The fourth-order valence-electron chi connectivity index (χ4n) is 2.09. The van der Waals surface area contributed by atoms with Crippen LogP contribution in [-0.4, -0.2) is 23.2 Å². The standard InChI is InChI=1S/C15H11NO4/c1-19-12(7-14(17)18)13-6-9-8-16-11-5-3-2-4-10(11)15(9)20-13/h2-8H,1H3,(H,17,18)/b12-7-. The maximum absolute atomic E-state index is 10.8. The molecule has 3 rings (SSSR count). The van der Waals surface area contributed by atoms with Crippen LogP contribution in [-0.2, 0) is 9.53 Å². The number of methoxy groups -OCH3 is 1. The second-order valence-corrected chi connectivity index (χ2v) is 4.22. The van der Waals surface area contributed by atoms with Crippen LogP contribution >= 0.6 is 0 Å². The van der Waals surface area contributed by atoms with E-state index in [9.17, 15) is 4.79 Å². The summed E-state index contributed by atoms with van der Waals surface area (Å²) >= 11 is 0. The normalized spacial score (nSPS) is 11.9. The molecule has 20 heavy (non-hydrogen) atoms. The quantitative estimate of drug-likeness (QED) is 0.584. The molecule has 3 aromatic rings. The highest BCUT2D eigenvalue weighted by molar-refractivity contribution is 6.03. The Morgan fingerprint density at radius 2 is 2.20 bits per heavy atom. The molecule has 1 aromatic carbocycles. The molecule has 0 bridgehead atoms. The maximum atomic E-state index is 10.8. The summed E-state index contributed by atoms with van der Waals surface area (Å²) in [5, 5.41) is 10.5. The minimum absolute atomic E-state index is 0.165. The van der Waals surface area contributed by atoms with Crippen molar-refractivity contribution in [3.8, 4) is 0 Å². The molecule has 0 unspecified atom stereocenters. The molecular formula is C15H11NO4. The number of carbonyl (C=O) groups is 1. The van der Waals surface area contributed by atoms with Crippen LogP contribution in [0, 0.1) is 0 Å². The van der Waals surface area contributed by atoms with E-state index in [4.69, 9.17) is 14.3 Å². The molecule has 0 radical (unpaired) electrons. The van der Waals surface area contributed by atoms with Gasteiger partial charge in [0.2, 0.25) is 0 Å². The molecule has 0 saturated carbocycles. The fourth-order valence-corrected chi connectivity index (χ4v) is 2.09. The molecule has 5 nitrogen and oxygen atoms in total. The summed E-state index contributed by atoms with van der Waals surface area (Å²) in [4.78, 5) is 15.1. The monoisotopic (exact) mass is 269 g/mol. The molecule has 2 aromatic heterocycles. The van der Waals surface area contributed by atoms with Gasteiger partial charge in [-0.05, 0) is 18.2 Å². The van der Waals surface area contributed by atoms with Crippen molar-refractivity contribution in [2.24, 2.45) is 0 Å². The van der Waals surface area contributed by atoms with Crippen molar-refractivity contribution in [1.82, 2.24) is 4.98 Å². The van der Waals surface area contributed by atoms with Crippen LogP contribution in [0.4, 0.5) is 0 Å². The van der Waals surface area contributed by atoms with E-state index in [1.807, 2.05) is 24.3 Å². The topological polar surface area (TPSA) is 72.6 Å². The number of carboxylic acids is 1. The average Bonchev–Trinajstić information content (AvgIpc) is 2.88. The largest absolute Gasteiger partial charge is 0.493 e. The maximum Gasteiger partial charge on any atom is 0.332 e. The first-order valence-corrected chi connectivity index (χ1v) is 5.95. The first-order chi connectivity index (χ1) is 9.69. The van der Waals surface area contributed by atoms with Gasteiger partial charge in [-0.1, -0.05) is 12.1 Å². The Labute approximate surface area is 114 Å². The van der Waals surface area contributed by atoms with Gasteiger partial charge in [-0.25, -0.2) is 4.79 Å². The van der Waals surface area contributed by atoms with E-state index in [1.54, 1.807) is 12.3 Å². The second-order valence-electron chi connectivity index (χ2n) is 4.22. The molecule has 100 valence electrons. The lowest BCUT2D eigenvalue weighted by molar-refractivity contribution is -0.131. The molecule has 0 aliphatic rings. The second kappa shape index (κ2) is 4.70. The Balaban J connectivity index is 2.25. The smallest absolute Gasteiger partial charge is 0.332 e. The SMILES string of the molecule is CO/C(=C\C(=O)O)c1cc2cnc3ccccc3c2o1. The van der Waals surface area contributed by atoms with Gasteiger partial charge in [0.05, 0.1) is 18.7 Å². The van der Waals surface area contributed by atoms with Crippen LogP contribution in [0.25, 0.3) is 27.6 Å². The Kier molecular flexibility index (Phi) is 2.87. The van der Waals surface area contributed by atoms with Crippen LogP contribution in [0.15, 0.2) is 47.0 Å². The predicted octanol–water partition coefficient (Wildman–Crippen LogP) is 3.05. The molecule has 0 saturated heterocycles. The molecule has 2 heterocycles. The number of aromatic nitrogens is 1. The number of hydrogen-bond donors (Lipinski definition) is 1. The van der Waals surface area contributed by atoms with Crippen molar-refractivity contribution in [3.63, 3.8) is 0 Å².